The second-order valence-electron chi connectivity index (χ2n) is 6.27. The number of carbonyl (C=O) groups excluding carboxylic acids is 2. The van der Waals surface area contributed by atoms with Crippen LogP contribution in [0.1, 0.15) is 23.2 Å². The Labute approximate surface area is 138 Å². The van der Waals surface area contributed by atoms with Crippen molar-refractivity contribution in [2.75, 3.05) is 11.4 Å². The number of benzene rings is 1. The second kappa shape index (κ2) is 5.43. The summed E-state index contributed by atoms with van der Waals surface area (Å²) in [5, 5.41) is 4.12. The minimum absolute atomic E-state index is 0.00487. The smallest absolute Gasteiger partial charge is 0.254 e. The molecule has 24 heavy (non-hydrogen) atoms. The Bertz CT molecular complexity index is 818. The van der Waals surface area contributed by atoms with E-state index in [-0.39, 0.29) is 23.9 Å². The fraction of sp³-hybridized carbons (Fsp3) is 0.353. The third-order valence-corrected chi connectivity index (χ3v) is 4.80. The van der Waals surface area contributed by atoms with Crippen molar-refractivity contribution >= 4 is 17.5 Å². The number of fused-ring (bicyclic) bond motifs is 1. The van der Waals surface area contributed by atoms with Crippen molar-refractivity contribution in [3.63, 3.8) is 0 Å². The topological polar surface area (TPSA) is 58.4 Å². The van der Waals surface area contributed by atoms with E-state index in [1.165, 1.54) is 18.2 Å². The van der Waals surface area contributed by atoms with E-state index in [1.807, 2.05) is 0 Å². The van der Waals surface area contributed by atoms with Crippen molar-refractivity contribution in [2.45, 2.75) is 24.9 Å². The molecular formula is C17H17FN4O2. The normalized spacial score (nSPS) is 23.0. The minimum atomic E-state index is -0.434. The molecule has 0 radical (unpaired) electrons. The lowest BCUT2D eigenvalue weighted by atomic mass is 10.1. The zero-order valence-corrected chi connectivity index (χ0v) is 13.2. The molecule has 7 heteroatoms. The SMILES string of the molecule is Cn1cc(N2C(=O)C[C@H]3[C@H]2CCN3C(=O)c2cccc(F)c2)cn1. The Morgan fingerprint density at radius 3 is 2.88 bits per heavy atom. The maximum absolute atomic E-state index is 13.4. The summed E-state index contributed by atoms with van der Waals surface area (Å²) in [6.07, 6.45) is 4.47. The number of rotatable bonds is 2. The lowest BCUT2D eigenvalue weighted by Crippen LogP contribution is -2.40. The molecule has 3 heterocycles. The highest BCUT2D eigenvalue weighted by molar-refractivity contribution is 6.00. The zero-order valence-electron chi connectivity index (χ0n) is 13.2. The summed E-state index contributed by atoms with van der Waals surface area (Å²) < 4.78 is 15.0. The summed E-state index contributed by atoms with van der Waals surface area (Å²) in [5.74, 6) is -0.659. The number of nitrogens with zero attached hydrogens (tertiary/aromatic N) is 4. The average Bonchev–Trinajstić information content (AvgIpc) is 3.21. The molecule has 2 aromatic rings. The maximum atomic E-state index is 13.4. The fourth-order valence-corrected chi connectivity index (χ4v) is 3.75. The van der Waals surface area contributed by atoms with Crippen LogP contribution >= 0.6 is 0 Å². The Hall–Kier alpha value is -2.70. The van der Waals surface area contributed by atoms with Gasteiger partial charge in [0.05, 0.1) is 24.0 Å². The minimum Gasteiger partial charge on any atom is -0.333 e. The predicted molar refractivity (Wildman–Crippen MR) is 84.9 cm³/mol. The largest absolute Gasteiger partial charge is 0.333 e. The Balaban J connectivity index is 1.60. The van der Waals surface area contributed by atoms with Gasteiger partial charge in [0.1, 0.15) is 5.82 Å². The van der Waals surface area contributed by atoms with Gasteiger partial charge in [-0.2, -0.15) is 5.10 Å². The summed E-state index contributed by atoms with van der Waals surface area (Å²) in [5.41, 5.74) is 1.08. The number of carbonyl (C=O) groups is 2. The van der Waals surface area contributed by atoms with Crippen LogP contribution in [-0.4, -0.2) is 45.1 Å². The summed E-state index contributed by atoms with van der Waals surface area (Å²) in [4.78, 5) is 28.6. The molecule has 6 nitrogen and oxygen atoms in total. The van der Waals surface area contributed by atoms with E-state index in [2.05, 4.69) is 5.10 Å². The van der Waals surface area contributed by atoms with E-state index < -0.39 is 5.82 Å². The highest BCUT2D eigenvalue weighted by Crippen LogP contribution is 2.36. The first-order chi connectivity index (χ1) is 11.5. The van der Waals surface area contributed by atoms with Gasteiger partial charge in [0, 0.05) is 31.8 Å². The summed E-state index contributed by atoms with van der Waals surface area (Å²) >= 11 is 0. The van der Waals surface area contributed by atoms with Crippen LogP contribution in [0.4, 0.5) is 10.1 Å². The average molecular weight is 328 g/mol. The van der Waals surface area contributed by atoms with Gasteiger partial charge in [0.2, 0.25) is 5.91 Å². The molecule has 1 aromatic heterocycles. The summed E-state index contributed by atoms with van der Waals surface area (Å²) in [6.45, 7) is 0.564. The maximum Gasteiger partial charge on any atom is 0.254 e. The van der Waals surface area contributed by atoms with Gasteiger partial charge in [0.25, 0.3) is 5.91 Å². The number of amides is 2. The predicted octanol–water partition coefficient (Wildman–Crippen LogP) is 1.58. The van der Waals surface area contributed by atoms with E-state index in [1.54, 1.807) is 40.0 Å². The van der Waals surface area contributed by atoms with Gasteiger partial charge in [-0.25, -0.2) is 4.39 Å². The standard InChI is InChI=1S/C17H17FN4O2/c1-20-10-13(9-19-20)22-14-5-6-21(15(14)8-16(22)23)17(24)11-3-2-4-12(18)7-11/h2-4,7,9-10,14-15H,5-6,8H2,1H3/t14-,15+/m1/s1. The van der Waals surface area contributed by atoms with Gasteiger partial charge in [-0.05, 0) is 24.6 Å². The zero-order chi connectivity index (χ0) is 16.8. The number of hydrogen-bond donors (Lipinski definition) is 0. The summed E-state index contributed by atoms with van der Waals surface area (Å²) in [7, 11) is 1.80. The molecule has 1 aromatic carbocycles. The molecule has 0 unspecified atom stereocenters. The van der Waals surface area contributed by atoms with Crippen LogP contribution in [0.15, 0.2) is 36.7 Å². The molecule has 0 saturated carbocycles. The Morgan fingerprint density at radius 2 is 2.17 bits per heavy atom. The van der Waals surface area contributed by atoms with Crippen LogP contribution < -0.4 is 4.90 Å². The first-order valence-electron chi connectivity index (χ1n) is 7.92. The molecule has 2 amide bonds. The van der Waals surface area contributed by atoms with E-state index in [0.29, 0.717) is 24.9 Å². The third-order valence-electron chi connectivity index (χ3n) is 4.80. The number of halogens is 1. The molecule has 2 aliphatic heterocycles. The van der Waals surface area contributed by atoms with Crippen LogP contribution in [0.25, 0.3) is 0 Å². The van der Waals surface area contributed by atoms with Crippen molar-refractivity contribution < 1.29 is 14.0 Å². The molecule has 0 aliphatic carbocycles. The lowest BCUT2D eigenvalue weighted by molar-refractivity contribution is -0.117. The van der Waals surface area contributed by atoms with E-state index in [0.717, 1.165) is 5.69 Å². The molecule has 0 N–H and O–H groups in total. The van der Waals surface area contributed by atoms with Gasteiger partial charge in [-0.15, -0.1) is 0 Å². The number of aromatic nitrogens is 2. The van der Waals surface area contributed by atoms with Gasteiger partial charge >= 0.3 is 0 Å². The van der Waals surface area contributed by atoms with Crippen LogP contribution in [0.3, 0.4) is 0 Å². The molecule has 2 aliphatic rings. The molecule has 124 valence electrons. The van der Waals surface area contributed by atoms with E-state index >= 15 is 0 Å². The lowest BCUT2D eigenvalue weighted by Gasteiger charge is -2.24. The van der Waals surface area contributed by atoms with Crippen LogP contribution in [0.5, 0.6) is 0 Å². The van der Waals surface area contributed by atoms with Crippen molar-refractivity contribution in [2.24, 2.45) is 7.05 Å². The first-order valence-corrected chi connectivity index (χ1v) is 7.92. The molecule has 0 spiro atoms. The highest BCUT2D eigenvalue weighted by atomic mass is 19.1. The Kier molecular flexibility index (Phi) is 3.37. The van der Waals surface area contributed by atoms with E-state index in [9.17, 15) is 14.0 Å². The third kappa shape index (κ3) is 2.28. The second-order valence-corrected chi connectivity index (χ2v) is 6.27. The highest BCUT2D eigenvalue weighted by Gasteiger charge is 2.49. The van der Waals surface area contributed by atoms with Gasteiger partial charge < -0.3 is 9.80 Å². The molecule has 2 atom stereocenters. The van der Waals surface area contributed by atoms with Crippen LogP contribution in [0.2, 0.25) is 0 Å². The molecule has 2 fully saturated rings. The monoisotopic (exact) mass is 328 g/mol. The molecular weight excluding hydrogens is 311 g/mol. The molecule has 0 bridgehead atoms. The summed E-state index contributed by atoms with van der Waals surface area (Å²) in [6, 6.07) is 5.47. The Morgan fingerprint density at radius 1 is 1.33 bits per heavy atom. The number of aryl methyl sites for hydroxylation is 1. The van der Waals surface area contributed by atoms with Gasteiger partial charge in [0.15, 0.2) is 0 Å². The van der Waals surface area contributed by atoms with E-state index in [4.69, 9.17) is 0 Å². The number of hydrogen-bond acceptors (Lipinski definition) is 3. The van der Waals surface area contributed by atoms with Crippen molar-refractivity contribution in [1.29, 1.82) is 0 Å². The van der Waals surface area contributed by atoms with Crippen LogP contribution in [-0.2, 0) is 11.8 Å². The van der Waals surface area contributed by atoms with Gasteiger partial charge in [-0.1, -0.05) is 6.07 Å². The molecule has 2 saturated heterocycles. The number of anilines is 1. The fourth-order valence-electron chi connectivity index (χ4n) is 3.75. The van der Waals surface area contributed by atoms with Crippen LogP contribution in [0, 0.1) is 5.82 Å². The first kappa shape index (κ1) is 14.9. The number of likely N-dealkylation sites (tertiary alicyclic amines) is 1. The van der Waals surface area contributed by atoms with Gasteiger partial charge in [-0.3, -0.25) is 14.3 Å². The quantitative estimate of drug-likeness (QED) is 0.841. The van der Waals surface area contributed by atoms with Crippen molar-refractivity contribution in [3.05, 3.63) is 48.0 Å². The molecule has 4 rings (SSSR count). The van der Waals surface area contributed by atoms with Crippen molar-refractivity contribution in [1.82, 2.24) is 14.7 Å². The van der Waals surface area contributed by atoms with Crippen molar-refractivity contribution in [3.8, 4) is 0 Å².